The number of aryl methyl sites for hydroxylation is 2. The van der Waals surface area contributed by atoms with Gasteiger partial charge in [-0.2, -0.15) is 0 Å². The number of hydrogen-bond donors (Lipinski definition) is 2. The summed E-state index contributed by atoms with van der Waals surface area (Å²) < 4.78 is 0. The average Bonchev–Trinajstić information content (AvgIpc) is 2.66. The maximum Gasteiger partial charge on any atom is 0.253 e. The zero-order valence-corrected chi connectivity index (χ0v) is 16.0. The summed E-state index contributed by atoms with van der Waals surface area (Å²) in [5, 5.41) is 3.26. The minimum atomic E-state index is -0.00972. The molecule has 1 amide bonds. The van der Waals surface area contributed by atoms with Crippen LogP contribution in [0.3, 0.4) is 0 Å². The maximum atomic E-state index is 11.9. The number of para-hydroxylation sites is 1. The Morgan fingerprint density at radius 2 is 1.62 bits per heavy atom. The SMILES string of the molecule is CCc1cccc(CC)c1NC(N)=NCc1ccc(C(=O)N(C)C)cc1. The molecular weight excluding hydrogens is 324 g/mol. The monoisotopic (exact) mass is 352 g/mol. The Morgan fingerprint density at radius 3 is 2.12 bits per heavy atom. The van der Waals surface area contributed by atoms with Crippen LogP contribution in [0.4, 0.5) is 5.69 Å². The van der Waals surface area contributed by atoms with E-state index in [1.54, 1.807) is 19.0 Å². The van der Waals surface area contributed by atoms with Crippen molar-refractivity contribution in [2.24, 2.45) is 10.7 Å². The first kappa shape index (κ1) is 19.5. The molecule has 0 unspecified atom stereocenters. The molecule has 0 aliphatic rings. The summed E-state index contributed by atoms with van der Waals surface area (Å²) >= 11 is 0. The Kier molecular flexibility index (Phi) is 6.78. The number of amides is 1. The highest BCUT2D eigenvalue weighted by Gasteiger charge is 2.08. The fourth-order valence-corrected chi connectivity index (χ4v) is 2.76. The molecule has 0 heterocycles. The van der Waals surface area contributed by atoms with Gasteiger partial charge in [-0.3, -0.25) is 4.79 Å². The predicted molar refractivity (Wildman–Crippen MR) is 109 cm³/mol. The number of carbonyl (C=O) groups excluding carboxylic acids is 1. The number of nitrogens with zero attached hydrogens (tertiary/aromatic N) is 2. The van der Waals surface area contributed by atoms with E-state index in [2.05, 4.69) is 42.4 Å². The molecular formula is C21H28N4O. The van der Waals surface area contributed by atoms with Crippen molar-refractivity contribution in [1.29, 1.82) is 0 Å². The van der Waals surface area contributed by atoms with Crippen molar-refractivity contribution in [3.8, 4) is 0 Å². The minimum absolute atomic E-state index is 0.00972. The van der Waals surface area contributed by atoms with E-state index in [-0.39, 0.29) is 5.91 Å². The Labute approximate surface area is 155 Å². The number of hydrogen-bond acceptors (Lipinski definition) is 2. The summed E-state index contributed by atoms with van der Waals surface area (Å²) in [5.74, 6) is 0.388. The fourth-order valence-electron chi connectivity index (χ4n) is 2.76. The predicted octanol–water partition coefficient (Wildman–Crippen LogP) is 3.44. The lowest BCUT2D eigenvalue weighted by Gasteiger charge is -2.15. The van der Waals surface area contributed by atoms with Crippen LogP contribution in [0.2, 0.25) is 0 Å². The van der Waals surface area contributed by atoms with Crippen molar-refractivity contribution in [3.05, 3.63) is 64.7 Å². The van der Waals surface area contributed by atoms with Gasteiger partial charge in [-0.25, -0.2) is 4.99 Å². The molecule has 2 aromatic carbocycles. The first-order valence-electron chi connectivity index (χ1n) is 8.94. The molecule has 0 fully saturated rings. The van der Waals surface area contributed by atoms with Gasteiger partial charge in [0.2, 0.25) is 0 Å². The third-order valence-electron chi connectivity index (χ3n) is 4.29. The lowest BCUT2D eigenvalue weighted by molar-refractivity contribution is 0.0827. The van der Waals surface area contributed by atoms with Crippen LogP contribution in [0.25, 0.3) is 0 Å². The molecule has 2 rings (SSSR count). The lowest BCUT2D eigenvalue weighted by Crippen LogP contribution is -2.24. The van der Waals surface area contributed by atoms with Crippen molar-refractivity contribution in [3.63, 3.8) is 0 Å². The highest BCUT2D eigenvalue weighted by molar-refractivity contribution is 5.94. The third kappa shape index (κ3) is 4.85. The summed E-state index contributed by atoms with van der Waals surface area (Å²) in [5.41, 5.74) is 11.3. The molecule has 3 N–H and O–H groups in total. The quantitative estimate of drug-likeness (QED) is 0.618. The molecule has 26 heavy (non-hydrogen) atoms. The number of aliphatic imine (C=N–C) groups is 1. The van der Waals surface area contributed by atoms with Crippen molar-refractivity contribution in [2.75, 3.05) is 19.4 Å². The van der Waals surface area contributed by atoms with Crippen LogP contribution < -0.4 is 11.1 Å². The topological polar surface area (TPSA) is 70.7 Å². The van der Waals surface area contributed by atoms with E-state index in [1.165, 1.54) is 11.1 Å². The zero-order valence-electron chi connectivity index (χ0n) is 16.0. The van der Waals surface area contributed by atoms with Crippen LogP contribution >= 0.6 is 0 Å². The molecule has 0 spiro atoms. The van der Waals surface area contributed by atoms with Crippen LogP contribution in [0, 0.1) is 0 Å². The Bertz CT molecular complexity index is 757. The normalized spacial score (nSPS) is 11.3. The standard InChI is InChI=1S/C21H28N4O/c1-5-16-8-7-9-17(6-2)19(16)24-21(22)23-14-15-10-12-18(13-11-15)20(26)25(3)4/h7-13H,5-6,14H2,1-4H3,(H3,22,23,24). The van der Waals surface area contributed by atoms with Gasteiger partial charge in [0.05, 0.1) is 6.54 Å². The van der Waals surface area contributed by atoms with Crippen molar-refractivity contribution < 1.29 is 4.79 Å². The molecule has 5 nitrogen and oxygen atoms in total. The van der Waals surface area contributed by atoms with Gasteiger partial charge >= 0.3 is 0 Å². The van der Waals surface area contributed by atoms with Gasteiger partial charge in [0.1, 0.15) is 0 Å². The van der Waals surface area contributed by atoms with Crippen molar-refractivity contribution in [2.45, 2.75) is 33.2 Å². The van der Waals surface area contributed by atoms with Crippen LogP contribution in [0.1, 0.15) is 40.9 Å². The minimum Gasteiger partial charge on any atom is -0.370 e. The number of nitrogens with two attached hydrogens (primary N) is 1. The zero-order chi connectivity index (χ0) is 19.1. The summed E-state index contributed by atoms with van der Waals surface area (Å²) in [6.45, 7) is 4.72. The molecule has 0 aliphatic heterocycles. The van der Waals surface area contributed by atoms with Crippen LogP contribution in [-0.4, -0.2) is 30.9 Å². The van der Waals surface area contributed by atoms with Gasteiger partial charge in [0.15, 0.2) is 5.96 Å². The summed E-state index contributed by atoms with van der Waals surface area (Å²) in [6, 6.07) is 13.7. The second-order valence-electron chi connectivity index (χ2n) is 6.38. The van der Waals surface area contributed by atoms with E-state index in [0.29, 0.717) is 18.1 Å². The molecule has 2 aromatic rings. The van der Waals surface area contributed by atoms with Gasteiger partial charge in [0.25, 0.3) is 5.91 Å². The Hall–Kier alpha value is -2.82. The molecule has 0 aromatic heterocycles. The van der Waals surface area contributed by atoms with E-state index in [1.807, 2.05) is 24.3 Å². The van der Waals surface area contributed by atoms with Gasteiger partial charge in [-0.05, 0) is 41.7 Å². The second-order valence-corrected chi connectivity index (χ2v) is 6.38. The van der Waals surface area contributed by atoms with E-state index in [9.17, 15) is 4.79 Å². The molecule has 5 heteroatoms. The molecule has 0 aliphatic carbocycles. The van der Waals surface area contributed by atoms with Crippen LogP contribution in [-0.2, 0) is 19.4 Å². The van der Waals surface area contributed by atoms with E-state index >= 15 is 0 Å². The van der Waals surface area contributed by atoms with Crippen molar-refractivity contribution >= 4 is 17.6 Å². The largest absolute Gasteiger partial charge is 0.370 e. The number of carbonyl (C=O) groups is 1. The summed E-state index contributed by atoms with van der Waals surface area (Å²) in [6.07, 6.45) is 1.87. The summed E-state index contributed by atoms with van der Waals surface area (Å²) in [7, 11) is 3.48. The lowest BCUT2D eigenvalue weighted by atomic mass is 10.0. The first-order valence-corrected chi connectivity index (χ1v) is 8.94. The Morgan fingerprint density at radius 1 is 1.04 bits per heavy atom. The molecule has 0 saturated carbocycles. The number of nitrogens with one attached hydrogen (secondary N) is 1. The number of rotatable bonds is 6. The number of guanidine groups is 1. The van der Waals surface area contributed by atoms with E-state index in [4.69, 9.17) is 5.73 Å². The van der Waals surface area contributed by atoms with E-state index in [0.717, 1.165) is 24.1 Å². The molecule has 0 bridgehead atoms. The van der Waals surface area contributed by atoms with Crippen LogP contribution in [0.5, 0.6) is 0 Å². The first-order chi connectivity index (χ1) is 12.5. The second kappa shape index (κ2) is 9.04. The van der Waals surface area contributed by atoms with Gasteiger partial charge in [-0.1, -0.05) is 44.2 Å². The van der Waals surface area contributed by atoms with Gasteiger partial charge < -0.3 is 16.0 Å². The van der Waals surface area contributed by atoms with Crippen molar-refractivity contribution in [1.82, 2.24) is 4.90 Å². The molecule has 0 saturated heterocycles. The van der Waals surface area contributed by atoms with Gasteiger partial charge in [0, 0.05) is 25.3 Å². The molecule has 0 atom stereocenters. The number of benzene rings is 2. The number of anilines is 1. The average molecular weight is 352 g/mol. The molecule has 0 radical (unpaired) electrons. The third-order valence-corrected chi connectivity index (χ3v) is 4.29. The maximum absolute atomic E-state index is 11.9. The van der Waals surface area contributed by atoms with Gasteiger partial charge in [-0.15, -0.1) is 0 Å². The summed E-state index contributed by atoms with van der Waals surface area (Å²) in [4.78, 5) is 17.9. The molecule has 138 valence electrons. The van der Waals surface area contributed by atoms with E-state index < -0.39 is 0 Å². The van der Waals surface area contributed by atoms with Crippen LogP contribution in [0.15, 0.2) is 47.5 Å². The smallest absolute Gasteiger partial charge is 0.253 e. The Balaban J connectivity index is 2.08. The highest BCUT2D eigenvalue weighted by Crippen LogP contribution is 2.22. The fraction of sp³-hybridized carbons (Fsp3) is 0.333. The highest BCUT2D eigenvalue weighted by atomic mass is 16.2.